The van der Waals surface area contributed by atoms with Crippen molar-refractivity contribution in [1.29, 1.82) is 0 Å². The standard InChI is InChI=1S/C13H18N2O5S/c1-13(2,3)20-12(17)15-21(5,18)9-6-7-10(14-8-9)11(16)19-4/h6-8H,1-5H3. The van der Waals surface area contributed by atoms with Crippen LogP contribution in [0.3, 0.4) is 0 Å². The molecule has 116 valence electrons. The molecule has 1 aromatic heterocycles. The quantitative estimate of drug-likeness (QED) is 0.777. The van der Waals surface area contributed by atoms with Crippen LogP contribution in [-0.2, 0) is 19.2 Å². The number of carbonyl (C=O) groups excluding carboxylic acids is 2. The molecule has 0 aliphatic rings. The SMILES string of the molecule is COC(=O)c1ccc(S(C)(=O)=NC(=O)OC(C)(C)C)cn1. The normalized spacial score (nSPS) is 14.0. The number of pyridine rings is 1. The summed E-state index contributed by atoms with van der Waals surface area (Å²) in [7, 11) is -1.76. The average Bonchev–Trinajstić information content (AvgIpc) is 2.35. The summed E-state index contributed by atoms with van der Waals surface area (Å²) in [6.45, 7) is 5.06. The maximum atomic E-state index is 12.4. The maximum absolute atomic E-state index is 12.4. The fraction of sp³-hybridized carbons (Fsp3) is 0.462. The van der Waals surface area contributed by atoms with Gasteiger partial charge in [0.05, 0.1) is 21.7 Å². The summed E-state index contributed by atoms with van der Waals surface area (Å²) in [5, 5.41) is 0. The lowest BCUT2D eigenvalue weighted by molar-refractivity contribution is 0.0588. The van der Waals surface area contributed by atoms with Gasteiger partial charge in [-0.2, -0.15) is 0 Å². The van der Waals surface area contributed by atoms with E-state index in [1.54, 1.807) is 20.8 Å². The average molecular weight is 314 g/mol. The van der Waals surface area contributed by atoms with E-state index in [4.69, 9.17) is 4.74 Å². The highest BCUT2D eigenvalue weighted by molar-refractivity contribution is 7.93. The molecule has 1 aromatic rings. The van der Waals surface area contributed by atoms with E-state index in [9.17, 15) is 13.8 Å². The summed E-state index contributed by atoms with van der Waals surface area (Å²) in [6, 6.07) is 2.77. The second-order valence-electron chi connectivity index (χ2n) is 5.24. The number of hydrogen-bond acceptors (Lipinski definition) is 6. The van der Waals surface area contributed by atoms with Gasteiger partial charge in [-0.25, -0.2) is 18.8 Å². The number of hydrogen-bond donors (Lipinski definition) is 0. The molecule has 0 aliphatic carbocycles. The van der Waals surface area contributed by atoms with Crippen molar-refractivity contribution in [3.8, 4) is 0 Å². The molecule has 1 rings (SSSR count). The van der Waals surface area contributed by atoms with Crippen LogP contribution in [0, 0.1) is 0 Å². The summed E-state index contributed by atoms with van der Waals surface area (Å²) in [5.74, 6) is -0.603. The van der Waals surface area contributed by atoms with Crippen molar-refractivity contribution in [1.82, 2.24) is 4.98 Å². The molecular formula is C13H18N2O5S. The number of methoxy groups -OCH3 is 1. The zero-order chi connectivity index (χ0) is 16.3. The number of ether oxygens (including phenoxy) is 2. The minimum absolute atomic E-state index is 0.0775. The van der Waals surface area contributed by atoms with Crippen molar-refractivity contribution in [2.24, 2.45) is 4.36 Å². The van der Waals surface area contributed by atoms with Gasteiger partial charge in [0.1, 0.15) is 11.3 Å². The number of nitrogens with zero attached hydrogens (tertiary/aromatic N) is 2. The first-order valence-electron chi connectivity index (χ1n) is 6.05. The Balaban J connectivity index is 3.05. The zero-order valence-corrected chi connectivity index (χ0v) is 13.4. The third kappa shape index (κ3) is 5.14. The molecule has 1 unspecified atom stereocenters. The highest BCUT2D eigenvalue weighted by atomic mass is 32.2. The Bertz CT molecular complexity index is 652. The molecule has 1 atom stereocenters. The largest absolute Gasteiger partial charge is 0.464 e. The van der Waals surface area contributed by atoms with E-state index >= 15 is 0 Å². The monoisotopic (exact) mass is 314 g/mol. The summed E-state index contributed by atoms with van der Waals surface area (Å²) in [6.07, 6.45) is 1.61. The van der Waals surface area contributed by atoms with Crippen molar-refractivity contribution in [2.75, 3.05) is 13.4 Å². The number of carbonyl (C=O) groups is 2. The molecule has 1 amide bonds. The molecule has 0 N–H and O–H groups in total. The van der Waals surface area contributed by atoms with Crippen LogP contribution in [0.4, 0.5) is 4.79 Å². The Morgan fingerprint density at radius 1 is 1.29 bits per heavy atom. The molecule has 7 nitrogen and oxygen atoms in total. The van der Waals surface area contributed by atoms with Gasteiger partial charge in [-0.3, -0.25) is 0 Å². The van der Waals surface area contributed by atoms with Crippen molar-refractivity contribution in [3.05, 3.63) is 24.0 Å². The second kappa shape index (κ2) is 6.21. The van der Waals surface area contributed by atoms with E-state index in [-0.39, 0.29) is 10.6 Å². The van der Waals surface area contributed by atoms with E-state index in [2.05, 4.69) is 14.1 Å². The maximum Gasteiger partial charge on any atom is 0.442 e. The second-order valence-corrected chi connectivity index (χ2v) is 7.50. The summed E-state index contributed by atoms with van der Waals surface area (Å²) in [5.41, 5.74) is -0.642. The molecule has 0 saturated carbocycles. The van der Waals surface area contributed by atoms with Gasteiger partial charge in [0.2, 0.25) is 0 Å². The van der Waals surface area contributed by atoms with Crippen molar-refractivity contribution in [3.63, 3.8) is 0 Å². The van der Waals surface area contributed by atoms with Crippen LogP contribution in [-0.4, -0.2) is 40.2 Å². The van der Waals surface area contributed by atoms with E-state index in [0.717, 1.165) is 0 Å². The predicted octanol–water partition coefficient (Wildman–Crippen LogP) is 2.26. The summed E-state index contributed by atoms with van der Waals surface area (Å²) in [4.78, 5) is 26.9. The van der Waals surface area contributed by atoms with Gasteiger partial charge < -0.3 is 9.47 Å². The lowest BCUT2D eigenvalue weighted by Crippen LogP contribution is -2.22. The van der Waals surface area contributed by atoms with Gasteiger partial charge in [0.25, 0.3) is 0 Å². The molecule has 0 bridgehead atoms. The molecule has 0 spiro atoms. The molecular weight excluding hydrogens is 296 g/mol. The molecule has 1 heterocycles. The van der Waals surface area contributed by atoms with Gasteiger partial charge >= 0.3 is 12.1 Å². The fourth-order valence-electron chi connectivity index (χ4n) is 1.31. The third-order valence-electron chi connectivity index (χ3n) is 2.21. The first-order valence-corrected chi connectivity index (χ1v) is 7.97. The van der Waals surface area contributed by atoms with Crippen molar-refractivity contribution < 1.29 is 23.3 Å². The Morgan fingerprint density at radius 2 is 1.90 bits per heavy atom. The van der Waals surface area contributed by atoms with E-state index in [1.807, 2.05) is 0 Å². The zero-order valence-electron chi connectivity index (χ0n) is 12.6. The lowest BCUT2D eigenvalue weighted by atomic mass is 10.2. The molecule has 0 aromatic carbocycles. The summed E-state index contributed by atoms with van der Waals surface area (Å²) >= 11 is 0. The van der Waals surface area contributed by atoms with Gasteiger partial charge in [0.15, 0.2) is 0 Å². The first-order chi connectivity index (χ1) is 9.55. The Kier molecular flexibility index (Phi) is 5.06. The number of amides is 1. The Hall–Kier alpha value is -1.96. The predicted molar refractivity (Wildman–Crippen MR) is 76.6 cm³/mol. The van der Waals surface area contributed by atoms with Crippen molar-refractivity contribution in [2.45, 2.75) is 31.3 Å². The van der Waals surface area contributed by atoms with Crippen LogP contribution in [0.15, 0.2) is 27.6 Å². The third-order valence-corrected chi connectivity index (χ3v) is 3.82. The van der Waals surface area contributed by atoms with Crippen LogP contribution in [0.2, 0.25) is 0 Å². The van der Waals surface area contributed by atoms with Crippen LogP contribution in [0.5, 0.6) is 0 Å². The Labute approximate surface area is 123 Å². The van der Waals surface area contributed by atoms with E-state index in [1.165, 1.54) is 31.7 Å². The van der Waals surface area contributed by atoms with Crippen LogP contribution < -0.4 is 0 Å². The lowest BCUT2D eigenvalue weighted by Gasteiger charge is -2.17. The highest BCUT2D eigenvalue weighted by Crippen LogP contribution is 2.14. The van der Waals surface area contributed by atoms with E-state index in [0.29, 0.717) is 0 Å². The molecule has 0 radical (unpaired) electrons. The van der Waals surface area contributed by atoms with Gasteiger partial charge in [-0.05, 0) is 32.9 Å². The molecule has 0 fully saturated rings. The minimum atomic E-state index is -3.00. The van der Waals surface area contributed by atoms with Crippen molar-refractivity contribution >= 4 is 21.8 Å². The number of aromatic nitrogens is 1. The van der Waals surface area contributed by atoms with E-state index < -0.39 is 27.4 Å². The number of esters is 1. The number of rotatable bonds is 2. The van der Waals surface area contributed by atoms with Gasteiger partial charge in [-0.15, -0.1) is 4.36 Å². The van der Waals surface area contributed by atoms with Crippen LogP contribution in [0.1, 0.15) is 31.3 Å². The molecule has 0 aliphatic heterocycles. The first kappa shape index (κ1) is 17.1. The topological polar surface area (TPSA) is 94.9 Å². The smallest absolute Gasteiger partial charge is 0.442 e. The summed E-state index contributed by atoms with van der Waals surface area (Å²) < 4.78 is 25.5. The molecule has 8 heteroatoms. The highest BCUT2D eigenvalue weighted by Gasteiger charge is 2.18. The Morgan fingerprint density at radius 3 is 2.33 bits per heavy atom. The molecule has 0 saturated heterocycles. The van der Waals surface area contributed by atoms with Gasteiger partial charge in [-0.1, -0.05) is 0 Å². The molecule has 21 heavy (non-hydrogen) atoms. The van der Waals surface area contributed by atoms with Gasteiger partial charge in [0, 0.05) is 12.5 Å². The van der Waals surface area contributed by atoms with Crippen LogP contribution in [0.25, 0.3) is 0 Å². The fourth-order valence-corrected chi connectivity index (χ4v) is 2.30. The minimum Gasteiger partial charge on any atom is -0.464 e. The van der Waals surface area contributed by atoms with Crippen LogP contribution >= 0.6 is 0 Å².